The van der Waals surface area contributed by atoms with Crippen LogP contribution in [0.5, 0.6) is 0 Å². The van der Waals surface area contributed by atoms with Crippen molar-refractivity contribution in [2.75, 3.05) is 23.7 Å². The molecule has 0 heterocycles. The van der Waals surface area contributed by atoms with Gasteiger partial charge in [0.25, 0.3) is 11.4 Å². The summed E-state index contributed by atoms with van der Waals surface area (Å²) in [7, 11) is 0. The van der Waals surface area contributed by atoms with E-state index in [4.69, 9.17) is 24.4 Å². The van der Waals surface area contributed by atoms with Crippen LogP contribution in [0.2, 0.25) is 0 Å². The van der Waals surface area contributed by atoms with Crippen molar-refractivity contribution in [2.24, 2.45) is 0 Å². The van der Waals surface area contributed by atoms with Crippen LogP contribution in [0, 0.1) is 20.2 Å². The molecule has 4 N–H and O–H groups in total. The lowest BCUT2D eigenvalue weighted by Gasteiger charge is -2.11. The highest BCUT2D eigenvalue weighted by atomic mass is 32.1. The predicted molar refractivity (Wildman–Crippen MR) is 128 cm³/mol. The summed E-state index contributed by atoms with van der Waals surface area (Å²) in [6.45, 7) is 1.36. The monoisotopic (exact) mass is 462 g/mol. The van der Waals surface area contributed by atoms with Crippen molar-refractivity contribution >= 4 is 57.4 Å². The summed E-state index contributed by atoms with van der Waals surface area (Å²) < 4.78 is 0. The first kappa shape index (κ1) is 23.9. The maximum atomic E-state index is 10.8. The first-order chi connectivity index (χ1) is 14.8. The molecule has 2 rings (SSSR count). The van der Waals surface area contributed by atoms with E-state index in [1.165, 1.54) is 24.3 Å². The zero-order valence-electron chi connectivity index (χ0n) is 16.5. The van der Waals surface area contributed by atoms with Crippen molar-refractivity contribution in [1.29, 1.82) is 0 Å². The average molecular weight is 463 g/mol. The van der Waals surface area contributed by atoms with Crippen LogP contribution in [0.15, 0.2) is 48.5 Å². The summed E-state index contributed by atoms with van der Waals surface area (Å²) in [6, 6.07) is 12.2. The molecule has 31 heavy (non-hydrogen) atoms. The molecule has 0 spiro atoms. The second-order valence-corrected chi connectivity index (χ2v) is 7.25. The molecular formula is C19H22N6O4S2. The van der Waals surface area contributed by atoms with Crippen LogP contribution >= 0.6 is 24.4 Å². The summed E-state index contributed by atoms with van der Waals surface area (Å²) in [6.07, 6.45) is 2.73. The Balaban J connectivity index is 1.55. The van der Waals surface area contributed by atoms with E-state index < -0.39 is 9.85 Å². The first-order valence-electron chi connectivity index (χ1n) is 9.44. The van der Waals surface area contributed by atoms with Gasteiger partial charge in [-0.05, 0) is 61.9 Å². The number of nitro benzene ring substituents is 2. The lowest BCUT2D eigenvalue weighted by molar-refractivity contribution is -0.385. The number of unbranched alkanes of at least 4 members (excludes halogenated alkanes) is 2. The van der Waals surface area contributed by atoms with Gasteiger partial charge in [0.15, 0.2) is 10.2 Å². The molecule has 0 atom stereocenters. The van der Waals surface area contributed by atoms with E-state index in [1.54, 1.807) is 24.3 Å². The van der Waals surface area contributed by atoms with Crippen LogP contribution in [-0.4, -0.2) is 33.2 Å². The van der Waals surface area contributed by atoms with Crippen LogP contribution in [0.3, 0.4) is 0 Å². The Hall–Kier alpha value is -3.38. The molecule has 0 aliphatic heterocycles. The number of benzene rings is 2. The average Bonchev–Trinajstić information content (AvgIpc) is 2.73. The van der Waals surface area contributed by atoms with Crippen molar-refractivity contribution < 1.29 is 9.85 Å². The molecule has 0 saturated heterocycles. The van der Waals surface area contributed by atoms with Gasteiger partial charge in [-0.15, -0.1) is 0 Å². The Kier molecular flexibility index (Phi) is 9.52. The highest BCUT2D eigenvalue weighted by Crippen LogP contribution is 2.17. The van der Waals surface area contributed by atoms with Crippen molar-refractivity contribution in [2.45, 2.75) is 19.3 Å². The third kappa shape index (κ3) is 8.88. The summed E-state index contributed by atoms with van der Waals surface area (Å²) >= 11 is 10.4. The Bertz CT molecular complexity index is 939. The van der Waals surface area contributed by atoms with Gasteiger partial charge in [-0.2, -0.15) is 0 Å². The molecule has 0 aliphatic carbocycles. The number of nitrogens with zero attached hydrogens (tertiary/aromatic N) is 2. The summed E-state index contributed by atoms with van der Waals surface area (Å²) in [5, 5.41) is 34.4. The molecule has 0 radical (unpaired) electrons. The molecule has 2 aromatic carbocycles. The van der Waals surface area contributed by atoms with Crippen molar-refractivity contribution in [3.8, 4) is 0 Å². The Morgan fingerprint density at radius 2 is 1.29 bits per heavy atom. The normalized spacial score (nSPS) is 10.1. The smallest absolute Gasteiger partial charge is 0.271 e. The first-order valence-corrected chi connectivity index (χ1v) is 10.3. The Labute approximate surface area is 189 Å². The number of thiocarbonyl (C=S) groups is 2. The van der Waals surface area contributed by atoms with E-state index in [2.05, 4.69) is 21.3 Å². The van der Waals surface area contributed by atoms with E-state index in [-0.39, 0.29) is 11.4 Å². The quantitative estimate of drug-likeness (QED) is 0.178. The molecule has 2 aromatic rings. The molecule has 0 bridgehead atoms. The molecule has 164 valence electrons. The minimum atomic E-state index is -0.456. The Morgan fingerprint density at radius 1 is 0.742 bits per heavy atom. The van der Waals surface area contributed by atoms with Crippen molar-refractivity contribution in [3.63, 3.8) is 0 Å². The molecule has 12 heteroatoms. The van der Waals surface area contributed by atoms with E-state index in [0.29, 0.717) is 34.7 Å². The van der Waals surface area contributed by atoms with E-state index >= 15 is 0 Å². The third-order valence-corrected chi connectivity index (χ3v) is 4.57. The van der Waals surface area contributed by atoms with Gasteiger partial charge in [-0.25, -0.2) is 0 Å². The zero-order valence-corrected chi connectivity index (χ0v) is 18.1. The van der Waals surface area contributed by atoms with Crippen LogP contribution in [0.25, 0.3) is 0 Å². The summed E-state index contributed by atoms with van der Waals surface area (Å²) in [4.78, 5) is 20.5. The minimum Gasteiger partial charge on any atom is -0.362 e. The summed E-state index contributed by atoms with van der Waals surface area (Å²) in [5.41, 5.74) is 1.26. The standard InChI is InChI=1S/C19H22N6O4S2/c26-24(27)16-9-7-14(8-10-16)22-18(30)20-11-2-1-3-12-21-19(31)23-15-5-4-6-17(13-15)25(28)29/h4-10,13H,1-3,11-12H2,(H2,20,22,30)(H2,21,23,31). The van der Waals surface area contributed by atoms with Crippen LogP contribution in [-0.2, 0) is 0 Å². The molecule has 0 saturated carbocycles. The molecule has 0 unspecified atom stereocenters. The van der Waals surface area contributed by atoms with Crippen LogP contribution in [0.4, 0.5) is 22.7 Å². The molecule has 0 aromatic heterocycles. The number of non-ortho nitro benzene ring substituents is 2. The summed E-state index contributed by atoms with van der Waals surface area (Å²) in [5.74, 6) is 0. The van der Waals surface area contributed by atoms with Crippen LogP contribution in [0.1, 0.15) is 19.3 Å². The van der Waals surface area contributed by atoms with Gasteiger partial charge in [0.2, 0.25) is 0 Å². The number of nitro groups is 2. The number of anilines is 2. The largest absolute Gasteiger partial charge is 0.362 e. The minimum absolute atomic E-state index is 0.00119. The van der Waals surface area contributed by atoms with E-state index in [1.807, 2.05) is 0 Å². The Morgan fingerprint density at radius 3 is 1.84 bits per heavy atom. The van der Waals surface area contributed by atoms with Gasteiger partial charge in [0, 0.05) is 48.7 Å². The highest BCUT2D eigenvalue weighted by molar-refractivity contribution is 7.80. The van der Waals surface area contributed by atoms with Crippen LogP contribution < -0.4 is 21.3 Å². The SMILES string of the molecule is O=[N+]([O-])c1ccc(NC(=S)NCCCCCNC(=S)Nc2cccc([N+](=O)[O-])c2)cc1. The molecule has 0 aliphatic rings. The topological polar surface area (TPSA) is 134 Å². The lowest BCUT2D eigenvalue weighted by Crippen LogP contribution is -2.30. The maximum Gasteiger partial charge on any atom is 0.271 e. The number of hydrogen-bond acceptors (Lipinski definition) is 6. The maximum absolute atomic E-state index is 10.8. The van der Waals surface area contributed by atoms with Gasteiger partial charge in [-0.1, -0.05) is 6.07 Å². The zero-order chi connectivity index (χ0) is 22.6. The molecule has 10 nitrogen and oxygen atoms in total. The molecule has 0 amide bonds. The van der Waals surface area contributed by atoms with Gasteiger partial charge in [0.05, 0.1) is 9.85 Å². The number of hydrogen-bond donors (Lipinski definition) is 4. The highest BCUT2D eigenvalue weighted by Gasteiger charge is 2.07. The lowest BCUT2D eigenvalue weighted by atomic mass is 10.2. The van der Waals surface area contributed by atoms with E-state index in [9.17, 15) is 20.2 Å². The van der Waals surface area contributed by atoms with Gasteiger partial charge >= 0.3 is 0 Å². The van der Waals surface area contributed by atoms with Gasteiger partial charge in [0.1, 0.15) is 0 Å². The fourth-order valence-corrected chi connectivity index (χ4v) is 2.98. The van der Waals surface area contributed by atoms with Gasteiger partial charge < -0.3 is 21.3 Å². The fourth-order valence-electron chi connectivity index (χ4n) is 2.54. The molecular weight excluding hydrogens is 440 g/mol. The van der Waals surface area contributed by atoms with Gasteiger partial charge in [-0.3, -0.25) is 20.2 Å². The predicted octanol–water partition coefficient (Wildman–Crippen LogP) is 3.95. The number of nitrogens with one attached hydrogen (secondary N) is 4. The van der Waals surface area contributed by atoms with E-state index in [0.717, 1.165) is 19.3 Å². The van der Waals surface area contributed by atoms with Crippen molar-refractivity contribution in [1.82, 2.24) is 10.6 Å². The van der Waals surface area contributed by atoms with Crippen molar-refractivity contribution in [3.05, 3.63) is 68.8 Å². The second kappa shape index (κ2) is 12.3. The third-order valence-electron chi connectivity index (χ3n) is 4.08. The fraction of sp³-hybridized carbons (Fsp3) is 0.263. The molecule has 0 fully saturated rings. The number of rotatable bonds is 10. The second-order valence-electron chi connectivity index (χ2n) is 6.43.